The first kappa shape index (κ1) is 8.45. The second kappa shape index (κ2) is 3.07. The summed E-state index contributed by atoms with van der Waals surface area (Å²) in [6, 6.07) is 8.72. The molecule has 1 aromatic carbocycles. The molecule has 1 aromatic rings. The van der Waals surface area contributed by atoms with Crippen molar-refractivity contribution in [1.29, 1.82) is 0 Å². The van der Waals surface area contributed by atoms with Gasteiger partial charge >= 0.3 is 0 Å². The highest BCUT2D eigenvalue weighted by molar-refractivity contribution is 5.33. The van der Waals surface area contributed by atoms with E-state index >= 15 is 0 Å². The third-order valence-electron chi connectivity index (χ3n) is 3.36. The van der Waals surface area contributed by atoms with Gasteiger partial charge in [0.25, 0.3) is 0 Å². The lowest BCUT2D eigenvalue weighted by Crippen LogP contribution is -2.42. The number of rotatable bonds is 0. The Bertz CT molecular complexity index is 350. The Morgan fingerprint density at radius 2 is 2.07 bits per heavy atom. The minimum atomic E-state index is 0.152. The number of hydrogen-bond acceptors (Lipinski definition) is 2. The molecular formula is C12H15NO. The SMILES string of the molecule is N[C@@H]1CC[C@@H]2Cc3ccccc3[C@H]1O2. The summed E-state index contributed by atoms with van der Waals surface area (Å²) in [7, 11) is 0. The minimum Gasteiger partial charge on any atom is -0.368 e. The zero-order valence-corrected chi connectivity index (χ0v) is 8.15. The fourth-order valence-corrected chi connectivity index (χ4v) is 2.60. The van der Waals surface area contributed by atoms with E-state index in [2.05, 4.69) is 24.3 Å². The van der Waals surface area contributed by atoms with E-state index in [0.29, 0.717) is 6.10 Å². The summed E-state index contributed by atoms with van der Waals surface area (Å²) < 4.78 is 5.94. The molecule has 2 bridgehead atoms. The molecule has 3 atom stereocenters. The van der Waals surface area contributed by atoms with Gasteiger partial charge in [0.05, 0.1) is 12.2 Å². The lowest BCUT2D eigenvalue weighted by atomic mass is 9.84. The number of nitrogens with two attached hydrogens (primary N) is 1. The van der Waals surface area contributed by atoms with E-state index in [4.69, 9.17) is 10.5 Å². The molecule has 2 aliphatic heterocycles. The summed E-state index contributed by atoms with van der Waals surface area (Å²) in [5.74, 6) is 0. The predicted octanol–water partition coefficient (Wildman–Crippen LogP) is 1.79. The molecule has 1 saturated heterocycles. The molecule has 2 heteroatoms. The minimum absolute atomic E-state index is 0.152. The van der Waals surface area contributed by atoms with Crippen LogP contribution in [0, 0.1) is 0 Å². The van der Waals surface area contributed by atoms with E-state index in [1.165, 1.54) is 11.1 Å². The Kier molecular flexibility index (Phi) is 1.85. The van der Waals surface area contributed by atoms with E-state index < -0.39 is 0 Å². The molecule has 0 amide bonds. The number of fused-ring (bicyclic) bond motifs is 4. The molecule has 0 aromatic heterocycles. The van der Waals surface area contributed by atoms with Crippen molar-refractivity contribution in [3.63, 3.8) is 0 Å². The van der Waals surface area contributed by atoms with Crippen molar-refractivity contribution in [1.82, 2.24) is 0 Å². The van der Waals surface area contributed by atoms with Crippen LogP contribution < -0.4 is 5.73 Å². The van der Waals surface area contributed by atoms with Crippen LogP contribution in [0.15, 0.2) is 24.3 Å². The van der Waals surface area contributed by atoms with Gasteiger partial charge in [0, 0.05) is 6.04 Å². The van der Waals surface area contributed by atoms with E-state index in [1.807, 2.05) is 0 Å². The summed E-state index contributed by atoms with van der Waals surface area (Å²) in [4.78, 5) is 0. The molecule has 2 aliphatic rings. The van der Waals surface area contributed by atoms with E-state index in [0.717, 1.165) is 19.3 Å². The van der Waals surface area contributed by atoms with Gasteiger partial charge in [-0.3, -0.25) is 0 Å². The lowest BCUT2D eigenvalue weighted by molar-refractivity contribution is -0.0730. The number of benzene rings is 1. The van der Waals surface area contributed by atoms with Gasteiger partial charge in [0.15, 0.2) is 0 Å². The maximum Gasteiger partial charge on any atom is 0.0982 e. The first-order valence-corrected chi connectivity index (χ1v) is 5.33. The molecular weight excluding hydrogens is 174 g/mol. The van der Waals surface area contributed by atoms with Crippen molar-refractivity contribution < 1.29 is 4.74 Å². The van der Waals surface area contributed by atoms with Crippen molar-refractivity contribution in [3.05, 3.63) is 35.4 Å². The highest BCUT2D eigenvalue weighted by Gasteiger charge is 2.35. The number of ether oxygens (including phenoxy) is 1. The summed E-state index contributed by atoms with van der Waals surface area (Å²) in [5, 5.41) is 0. The molecule has 2 heterocycles. The maximum atomic E-state index is 6.08. The average Bonchev–Trinajstić information content (AvgIpc) is 2.23. The Hall–Kier alpha value is -0.860. The van der Waals surface area contributed by atoms with Crippen LogP contribution in [0.1, 0.15) is 30.1 Å². The zero-order chi connectivity index (χ0) is 9.54. The van der Waals surface area contributed by atoms with Crippen molar-refractivity contribution in [2.24, 2.45) is 5.73 Å². The molecule has 0 aliphatic carbocycles. The van der Waals surface area contributed by atoms with Crippen LogP contribution in [0.4, 0.5) is 0 Å². The first-order chi connectivity index (χ1) is 6.84. The van der Waals surface area contributed by atoms with Crippen LogP contribution >= 0.6 is 0 Å². The molecule has 2 N–H and O–H groups in total. The van der Waals surface area contributed by atoms with Gasteiger partial charge in [0.1, 0.15) is 0 Å². The summed E-state index contributed by atoms with van der Waals surface area (Å²) in [6.45, 7) is 0. The molecule has 2 nitrogen and oxygen atoms in total. The first-order valence-electron chi connectivity index (χ1n) is 5.33. The molecule has 0 radical (unpaired) electrons. The highest BCUT2D eigenvalue weighted by Crippen LogP contribution is 2.38. The summed E-state index contributed by atoms with van der Waals surface area (Å²) >= 11 is 0. The predicted molar refractivity (Wildman–Crippen MR) is 55.0 cm³/mol. The van der Waals surface area contributed by atoms with E-state index in [9.17, 15) is 0 Å². The standard InChI is InChI=1S/C12H15NO/c13-11-6-5-9-7-8-3-1-2-4-10(8)12(11)14-9/h1-4,9,11-12H,5-7,13H2/t9-,11-,12-/m1/s1. The number of hydrogen-bond donors (Lipinski definition) is 1. The van der Waals surface area contributed by atoms with Crippen LogP contribution in [0.2, 0.25) is 0 Å². The van der Waals surface area contributed by atoms with Gasteiger partial charge in [-0.25, -0.2) is 0 Å². The van der Waals surface area contributed by atoms with Gasteiger partial charge in [-0.05, 0) is 30.4 Å². The fraction of sp³-hybridized carbons (Fsp3) is 0.500. The fourth-order valence-electron chi connectivity index (χ4n) is 2.60. The molecule has 74 valence electrons. The van der Waals surface area contributed by atoms with Gasteiger partial charge in [-0.2, -0.15) is 0 Å². The van der Waals surface area contributed by atoms with Crippen molar-refractivity contribution in [2.75, 3.05) is 0 Å². The highest BCUT2D eigenvalue weighted by atomic mass is 16.5. The van der Waals surface area contributed by atoms with E-state index in [-0.39, 0.29) is 12.1 Å². The average molecular weight is 189 g/mol. The molecule has 0 unspecified atom stereocenters. The van der Waals surface area contributed by atoms with Crippen LogP contribution in [0.3, 0.4) is 0 Å². The molecule has 1 fully saturated rings. The molecule has 0 saturated carbocycles. The summed E-state index contributed by atoms with van der Waals surface area (Å²) in [6.07, 6.45) is 3.85. The molecule has 14 heavy (non-hydrogen) atoms. The Labute approximate surface area is 84.1 Å². The Balaban J connectivity index is 2.06. The normalized spacial score (nSPS) is 35.1. The van der Waals surface area contributed by atoms with Crippen LogP contribution in [-0.2, 0) is 11.2 Å². The quantitative estimate of drug-likeness (QED) is 0.675. The lowest BCUT2D eigenvalue weighted by Gasteiger charge is -2.40. The monoisotopic (exact) mass is 189 g/mol. The second-order valence-electron chi connectivity index (χ2n) is 4.32. The molecule has 3 rings (SSSR count). The van der Waals surface area contributed by atoms with Gasteiger partial charge in [0.2, 0.25) is 0 Å². The largest absolute Gasteiger partial charge is 0.368 e. The maximum absolute atomic E-state index is 6.08. The zero-order valence-electron chi connectivity index (χ0n) is 8.15. The van der Waals surface area contributed by atoms with Crippen LogP contribution in [0.25, 0.3) is 0 Å². The van der Waals surface area contributed by atoms with Gasteiger partial charge in [-0.15, -0.1) is 0 Å². The third kappa shape index (κ3) is 1.18. The smallest absolute Gasteiger partial charge is 0.0982 e. The Morgan fingerprint density at radius 3 is 3.00 bits per heavy atom. The van der Waals surface area contributed by atoms with E-state index in [1.54, 1.807) is 0 Å². The van der Waals surface area contributed by atoms with Crippen LogP contribution in [-0.4, -0.2) is 12.1 Å². The topological polar surface area (TPSA) is 35.2 Å². The van der Waals surface area contributed by atoms with Crippen molar-refractivity contribution >= 4 is 0 Å². The van der Waals surface area contributed by atoms with Gasteiger partial charge < -0.3 is 10.5 Å². The second-order valence-corrected chi connectivity index (χ2v) is 4.32. The van der Waals surface area contributed by atoms with Gasteiger partial charge in [-0.1, -0.05) is 24.3 Å². The van der Waals surface area contributed by atoms with Crippen LogP contribution in [0.5, 0.6) is 0 Å². The van der Waals surface area contributed by atoms with Crippen molar-refractivity contribution in [2.45, 2.75) is 37.5 Å². The Morgan fingerprint density at radius 1 is 1.21 bits per heavy atom. The molecule has 0 spiro atoms. The summed E-state index contributed by atoms with van der Waals surface area (Å²) in [5.41, 5.74) is 8.83. The third-order valence-corrected chi connectivity index (χ3v) is 3.36. The van der Waals surface area contributed by atoms with Crippen molar-refractivity contribution in [3.8, 4) is 0 Å².